The van der Waals surface area contributed by atoms with Gasteiger partial charge in [-0.2, -0.15) is 5.10 Å². The van der Waals surface area contributed by atoms with Crippen molar-refractivity contribution < 1.29 is 4.74 Å². The van der Waals surface area contributed by atoms with Crippen LogP contribution in [0, 0.1) is 12.3 Å². The van der Waals surface area contributed by atoms with E-state index in [-0.39, 0.29) is 6.61 Å². The van der Waals surface area contributed by atoms with Gasteiger partial charge in [0.15, 0.2) is 6.61 Å². The Morgan fingerprint density at radius 1 is 1.00 bits per heavy atom. The Morgan fingerprint density at radius 3 is 2.60 bits per heavy atom. The Balaban J connectivity index is 2.19. The van der Waals surface area contributed by atoms with Crippen molar-refractivity contribution in [3.63, 3.8) is 0 Å². The molecule has 0 atom stereocenters. The van der Waals surface area contributed by atoms with Crippen LogP contribution in [0.2, 0.25) is 0 Å². The van der Waals surface area contributed by atoms with E-state index in [4.69, 9.17) is 11.2 Å². The third kappa shape index (κ3) is 2.15. The van der Waals surface area contributed by atoms with Crippen LogP contribution in [0.25, 0.3) is 22.2 Å². The molecule has 0 saturated carbocycles. The van der Waals surface area contributed by atoms with Crippen molar-refractivity contribution in [1.82, 2.24) is 20.4 Å². The number of aromatic nitrogens is 4. The molecule has 0 radical (unpaired) electrons. The number of terminal acetylenes is 1. The molecule has 0 bridgehead atoms. The smallest absolute Gasteiger partial charge is 0.242 e. The highest BCUT2D eigenvalue weighted by Crippen LogP contribution is 2.29. The number of benzene rings is 1. The molecule has 20 heavy (non-hydrogen) atoms. The van der Waals surface area contributed by atoms with Crippen molar-refractivity contribution in [2.45, 2.75) is 0 Å². The minimum Gasteiger partial charge on any atom is -0.463 e. The predicted molar refractivity (Wildman–Crippen MR) is 74.9 cm³/mol. The monoisotopic (exact) mass is 262 g/mol. The van der Waals surface area contributed by atoms with Gasteiger partial charge in [-0.05, 0) is 18.2 Å². The van der Waals surface area contributed by atoms with Crippen molar-refractivity contribution >= 4 is 10.8 Å². The second kappa shape index (κ2) is 5.33. The lowest BCUT2D eigenvalue weighted by Gasteiger charge is -2.08. The van der Waals surface area contributed by atoms with Crippen LogP contribution in [0.1, 0.15) is 0 Å². The summed E-state index contributed by atoms with van der Waals surface area (Å²) in [6.45, 7) is 0.156. The van der Waals surface area contributed by atoms with Crippen molar-refractivity contribution in [3.8, 4) is 29.6 Å². The third-order valence-corrected chi connectivity index (χ3v) is 2.76. The topological polar surface area (TPSA) is 60.8 Å². The molecular formula is C15H10N4O. The molecule has 5 heteroatoms. The highest BCUT2D eigenvalue weighted by atomic mass is 16.5. The van der Waals surface area contributed by atoms with E-state index < -0.39 is 0 Å². The first kappa shape index (κ1) is 12.1. The van der Waals surface area contributed by atoms with Gasteiger partial charge in [-0.1, -0.05) is 24.1 Å². The second-order valence-electron chi connectivity index (χ2n) is 4.00. The molecule has 3 aromatic rings. The molecule has 0 amide bonds. The molecule has 0 aliphatic heterocycles. The fourth-order valence-electron chi connectivity index (χ4n) is 1.91. The minimum absolute atomic E-state index is 0.156. The highest BCUT2D eigenvalue weighted by Gasteiger charge is 2.12. The maximum atomic E-state index is 5.41. The minimum atomic E-state index is 0.156. The van der Waals surface area contributed by atoms with Crippen molar-refractivity contribution in [2.24, 2.45) is 0 Å². The fourth-order valence-corrected chi connectivity index (χ4v) is 1.91. The van der Waals surface area contributed by atoms with Gasteiger partial charge < -0.3 is 4.74 Å². The van der Waals surface area contributed by atoms with Crippen molar-refractivity contribution in [2.75, 3.05) is 6.61 Å². The van der Waals surface area contributed by atoms with E-state index in [0.29, 0.717) is 17.3 Å². The van der Waals surface area contributed by atoms with E-state index in [0.717, 1.165) is 10.8 Å². The van der Waals surface area contributed by atoms with E-state index in [1.807, 2.05) is 36.4 Å². The Hall–Kier alpha value is -3.00. The molecule has 5 nitrogen and oxygen atoms in total. The van der Waals surface area contributed by atoms with Gasteiger partial charge in [-0.15, -0.1) is 21.7 Å². The number of ether oxygens (including phenoxy) is 1. The van der Waals surface area contributed by atoms with Gasteiger partial charge >= 0.3 is 0 Å². The SMILES string of the molecule is C#CCOc1nnc(-c2cccnn2)c2ccccc12. The second-order valence-corrected chi connectivity index (χ2v) is 4.00. The van der Waals surface area contributed by atoms with Crippen LogP contribution in [0.5, 0.6) is 5.88 Å². The van der Waals surface area contributed by atoms with Crippen LogP contribution < -0.4 is 4.74 Å². The van der Waals surface area contributed by atoms with Gasteiger partial charge in [0.2, 0.25) is 5.88 Å². The lowest BCUT2D eigenvalue weighted by atomic mass is 10.1. The molecule has 0 saturated heterocycles. The van der Waals surface area contributed by atoms with Crippen LogP contribution in [0.4, 0.5) is 0 Å². The van der Waals surface area contributed by atoms with Crippen molar-refractivity contribution in [1.29, 1.82) is 0 Å². The fraction of sp³-hybridized carbons (Fsp3) is 0.0667. The summed E-state index contributed by atoms with van der Waals surface area (Å²) in [5, 5.41) is 17.9. The molecule has 1 aromatic carbocycles. The number of hydrogen-bond acceptors (Lipinski definition) is 5. The predicted octanol–water partition coefficient (Wildman–Crippen LogP) is 2.10. The lowest BCUT2D eigenvalue weighted by molar-refractivity contribution is 0.356. The molecule has 0 aliphatic carbocycles. The third-order valence-electron chi connectivity index (χ3n) is 2.76. The van der Waals surface area contributed by atoms with E-state index in [9.17, 15) is 0 Å². The van der Waals surface area contributed by atoms with Crippen LogP contribution in [-0.4, -0.2) is 27.0 Å². The van der Waals surface area contributed by atoms with Gasteiger partial charge in [0, 0.05) is 17.0 Å². The van der Waals surface area contributed by atoms with E-state index >= 15 is 0 Å². The zero-order valence-corrected chi connectivity index (χ0v) is 10.5. The maximum absolute atomic E-state index is 5.41. The van der Waals surface area contributed by atoms with E-state index in [2.05, 4.69) is 26.3 Å². The summed E-state index contributed by atoms with van der Waals surface area (Å²) in [7, 11) is 0. The summed E-state index contributed by atoms with van der Waals surface area (Å²) in [5.74, 6) is 2.84. The quantitative estimate of drug-likeness (QED) is 0.676. The zero-order valence-electron chi connectivity index (χ0n) is 10.5. The van der Waals surface area contributed by atoms with Gasteiger partial charge in [-0.3, -0.25) is 0 Å². The van der Waals surface area contributed by atoms with E-state index in [1.54, 1.807) is 6.20 Å². The number of hydrogen-bond donors (Lipinski definition) is 0. The summed E-state index contributed by atoms with van der Waals surface area (Å²) in [6, 6.07) is 11.3. The number of fused-ring (bicyclic) bond motifs is 1. The van der Waals surface area contributed by atoms with Crippen LogP contribution in [0.3, 0.4) is 0 Å². The number of nitrogens with zero attached hydrogens (tertiary/aromatic N) is 4. The van der Waals surface area contributed by atoms with Gasteiger partial charge in [-0.25, -0.2) is 0 Å². The van der Waals surface area contributed by atoms with E-state index in [1.165, 1.54) is 0 Å². The molecule has 0 aliphatic rings. The molecule has 3 rings (SSSR count). The first-order valence-electron chi connectivity index (χ1n) is 6.00. The van der Waals surface area contributed by atoms with Gasteiger partial charge in [0.1, 0.15) is 11.4 Å². The molecule has 0 spiro atoms. The average molecular weight is 262 g/mol. The molecule has 0 N–H and O–H groups in total. The maximum Gasteiger partial charge on any atom is 0.242 e. The summed E-state index contributed by atoms with van der Waals surface area (Å²) in [5.41, 5.74) is 1.33. The van der Waals surface area contributed by atoms with Crippen LogP contribution >= 0.6 is 0 Å². The lowest BCUT2D eigenvalue weighted by Crippen LogP contribution is -2.01. The summed E-state index contributed by atoms with van der Waals surface area (Å²) in [4.78, 5) is 0. The summed E-state index contributed by atoms with van der Waals surface area (Å²) in [6.07, 6.45) is 6.81. The highest BCUT2D eigenvalue weighted by molar-refractivity contribution is 5.96. The average Bonchev–Trinajstić information content (AvgIpc) is 2.53. The molecule has 0 unspecified atom stereocenters. The molecule has 2 heterocycles. The Morgan fingerprint density at radius 2 is 1.85 bits per heavy atom. The molecule has 96 valence electrons. The summed E-state index contributed by atoms with van der Waals surface area (Å²) < 4.78 is 5.41. The molecule has 2 aromatic heterocycles. The molecule has 0 fully saturated rings. The van der Waals surface area contributed by atoms with Crippen molar-refractivity contribution in [3.05, 3.63) is 42.6 Å². The largest absolute Gasteiger partial charge is 0.463 e. The Labute approximate surface area is 115 Å². The molecular weight excluding hydrogens is 252 g/mol. The normalized spacial score (nSPS) is 10.2. The first-order valence-corrected chi connectivity index (χ1v) is 6.00. The van der Waals surface area contributed by atoms with Gasteiger partial charge in [0.05, 0.1) is 0 Å². The standard InChI is InChI=1S/C15H10N4O/c1-2-10-20-15-12-7-4-3-6-11(12)14(18-19-15)13-8-5-9-16-17-13/h1,3-9H,10H2. The van der Waals surface area contributed by atoms with Gasteiger partial charge in [0.25, 0.3) is 0 Å². The summed E-state index contributed by atoms with van der Waals surface area (Å²) >= 11 is 0. The van der Waals surface area contributed by atoms with Crippen LogP contribution in [0.15, 0.2) is 42.6 Å². The Kier molecular flexibility index (Phi) is 3.21. The zero-order chi connectivity index (χ0) is 13.8. The first-order chi connectivity index (χ1) is 9.90. The Bertz CT molecular complexity index is 781. The number of rotatable bonds is 3. The van der Waals surface area contributed by atoms with Crippen LogP contribution in [-0.2, 0) is 0 Å².